The van der Waals surface area contributed by atoms with E-state index in [4.69, 9.17) is 21.2 Å². The van der Waals surface area contributed by atoms with E-state index in [1.165, 1.54) is 13.5 Å². The summed E-state index contributed by atoms with van der Waals surface area (Å²) < 4.78 is 4.91. The van der Waals surface area contributed by atoms with Crippen LogP contribution in [-0.4, -0.2) is 43.8 Å². The summed E-state index contributed by atoms with van der Waals surface area (Å²) >= 11 is 0. The highest BCUT2D eigenvalue weighted by atomic mass is 16.5. The molecular weight excluding hydrogens is 356 g/mol. The van der Waals surface area contributed by atoms with Crippen LogP contribution in [0.5, 0.6) is 0 Å². The second kappa shape index (κ2) is 8.08. The van der Waals surface area contributed by atoms with Gasteiger partial charge in [0, 0.05) is 13.1 Å². The minimum absolute atomic E-state index is 0.228. The summed E-state index contributed by atoms with van der Waals surface area (Å²) in [5.74, 6) is 0.203. The van der Waals surface area contributed by atoms with Gasteiger partial charge in [-0.15, -0.1) is 0 Å². The number of hydrogen-bond acceptors (Lipinski definition) is 8. The number of anilines is 2. The van der Waals surface area contributed by atoms with Gasteiger partial charge in [0.2, 0.25) is 11.9 Å². The van der Waals surface area contributed by atoms with Gasteiger partial charge in [0.1, 0.15) is 5.66 Å². The quantitative estimate of drug-likeness (QED) is 0.752. The number of nitrogens with two attached hydrogens (primary N) is 2. The van der Waals surface area contributed by atoms with Crippen molar-refractivity contribution in [3.8, 4) is 0 Å². The third-order valence-corrected chi connectivity index (χ3v) is 5.59. The van der Waals surface area contributed by atoms with E-state index >= 15 is 0 Å². The molecule has 0 unspecified atom stereocenters. The Hall–Kier alpha value is -2.77. The number of nitrogens with zero attached hydrogens (tertiary/aromatic N) is 4. The lowest BCUT2D eigenvalue weighted by molar-refractivity contribution is 0.0601. The lowest BCUT2D eigenvalue weighted by atomic mass is 9.87. The average Bonchev–Trinajstić information content (AvgIpc) is 2.69. The molecule has 1 saturated carbocycles. The second-order valence-electron chi connectivity index (χ2n) is 7.19. The van der Waals surface area contributed by atoms with Gasteiger partial charge in [-0.3, -0.25) is 4.90 Å². The fraction of sp³-hybridized carbons (Fsp3) is 0.550. The Kier molecular flexibility index (Phi) is 5.76. The Balaban J connectivity index is 2.17. The fourth-order valence-corrected chi connectivity index (χ4v) is 4.24. The first-order chi connectivity index (χ1) is 13.5. The molecule has 0 radical (unpaired) electrons. The molecule has 1 heterocycles. The molecule has 1 aliphatic carbocycles. The maximum atomic E-state index is 12.1. The van der Waals surface area contributed by atoms with E-state index in [1.54, 1.807) is 6.07 Å². The highest BCUT2D eigenvalue weighted by molar-refractivity contribution is 6.07. The Morgan fingerprint density at radius 2 is 1.89 bits per heavy atom. The average molecular weight is 387 g/mol. The maximum Gasteiger partial charge on any atom is 0.337 e. The van der Waals surface area contributed by atoms with Crippen LogP contribution in [-0.2, 0) is 4.74 Å². The minimum atomic E-state index is -0.525. The summed E-state index contributed by atoms with van der Waals surface area (Å²) in [6.45, 7) is 5.74. The molecule has 8 nitrogen and oxygen atoms in total. The van der Waals surface area contributed by atoms with Crippen molar-refractivity contribution < 1.29 is 9.53 Å². The van der Waals surface area contributed by atoms with Gasteiger partial charge >= 0.3 is 5.97 Å². The smallest absolute Gasteiger partial charge is 0.337 e. The molecule has 0 saturated heterocycles. The number of rotatable bonds is 5. The van der Waals surface area contributed by atoms with E-state index in [1.807, 2.05) is 17.0 Å². The Bertz CT molecular complexity index is 794. The summed E-state index contributed by atoms with van der Waals surface area (Å²) in [6, 6.07) is 5.54. The Labute approximate surface area is 166 Å². The number of aliphatic imine (C=N–C) groups is 2. The molecule has 2 aliphatic rings. The van der Waals surface area contributed by atoms with Crippen molar-refractivity contribution in [2.45, 2.75) is 51.6 Å². The van der Waals surface area contributed by atoms with Gasteiger partial charge in [-0.1, -0.05) is 6.42 Å². The highest BCUT2D eigenvalue weighted by Gasteiger charge is 2.43. The zero-order valence-electron chi connectivity index (χ0n) is 16.9. The largest absolute Gasteiger partial charge is 0.465 e. The second-order valence-corrected chi connectivity index (χ2v) is 7.19. The van der Waals surface area contributed by atoms with Gasteiger partial charge in [0.05, 0.1) is 24.0 Å². The number of carbonyl (C=O) groups excluding carboxylic acids is 1. The van der Waals surface area contributed by atoms with E-state index < -0.39 is 5.66 Å². The summed E-state index contributed by atoms with van der Waals surface area (Å²) in [7, 11) is 1.39. The van der Waals surface area contributed by atoms with E-state index in [0.717, 1.165) is 50.1 Å². The molecule has 152 valence electrons. The lowest BCUT2D eigenvalue weighted by Crippen LogP contribution is -2.58. The number of hydrogen-bond donors (Lipinski definition) is 2. The van der Waals surface area contributed by atoms with Crippen LogP contribution in [0.4, 0.5) is 11.4 Å². The van der Waals surface area contributed by atoms with Crippen LogP contribution in [0.1, 0.15) is 56.3 Å². The lowest BCUT2D eigenvalue weighted by Gasteiger charge is -2.46. The maximum absolute atomic E-state index is 12.1. The first-order valence-corrected chi connectivity index (χ1v) is 9.92. The Morgan fingerprint density at radius 3 is 2.50 bits per heavy atom. The summed E-state index contributed by atoms with van der Waals surface area (Å²) in [5, 5.41) is 0. The van der Waals surface area contributed by atoms with Gasteiger partial charge in [-0.25, -0.2) is 9.79 Å². The summed E-state index contributed by atoms with van der Waals surface area (Å²) in [5.41, 5.74) is 14.1. The van der Waals surface area contributed by atoms with E-state index in [2.05, 4.69) is 23.7 Å². The van der Waals surface area contributed by atoms with Gasteiger partial charge in [0.25, 0.3) is 0 Å². The predicted molar refractivity (Wildman–Crippen MR) is 113 cm³/mol. The van der Waals surface area contributed by atoms with Crippen molar-refractivity contribution in [1.82, 2.24) is 0 Å². The standard InChI is InChI=1S/C20H30N6O2/c1-4-25(5-2)16-13-14(17(27)28-3)9-10-15(16)26-19(22)23-18(21)24-20(26)11-7-6-8-12-20/h9-10,13H,4-8,11-12H2,1-3H3,(H4,21,22,23,24). The van der Waals surface area contributed by atoms with Crippen molar-refractivity contribution in [3.63, 3.8) is 0 Å². The van der Waals surface area contributed by atoms with Gasteiger partial charge in [-0.05, 0) is 57.7 Å². The van der Waals surface area contributed by atoms with Gasteiger partial charge in [0.15, 0.2) is 0 Å². The molecule has 1 aromatic rings. The topological polar surface area (TPSA) is 110 Å². The molecule has 3 rings (SSSR count). The first-order valence-electron chi connectivity index (χ1n) is 9.92. The first kappa shape index (κ1) is 20.0. The normalized spacial score (nSPS) is 18.5. The van der Waals surface area contributed by atoms with E-state index in [-0.39, 0.29) is 11.9 Å². The molecule has 1 aromatic carbocycles. The van der Waals surface area contributed by atoms with Gasteiger partial charge in [-0.2, -0.15) is 4.99 Å². The molecule has 1 aliphatic heterocycles. The van der Waals surface area contributed by atoms with Crippen molar-refractivity contribution in [2.75, 3.05) is 30.0 Å². The zero-order valence-corrected chi connectivity index (χ0v) is 16.9. The van der Waals surface area contributed by atoms with Crippen molar-refractivity contribution in [2.24, 2.45) is 21.5 Å². The predicted octanol–water partition coefficient (Wildman–Crippen LogP) is 2.43. The molecule has 0 bridgehead atoms. The summed E-state index contributed by atoms with van der Waals surface area (Å²) in [4.78, 5) is 25.3. The molecule has 0 aromatic heterocycles. The van der Waals surface area contributed by atoms with Gasteiger partial charge < -0.3 is 21.1 Å². The van der Waals surface area contributed by atoms with Crippen LogP contribution in [0.25, 0.3) is 0 Å². The molecule has 1 spiro atoms. The third kappa shape index (κ3) is 3.50. The summed E-state index contributed by atoms with van der Waals surface area (Å²) in [6.07, 6.45) is 5.01. The van der Waals surface area contributed by atoms with E-state index in [0.29, 0.717) is 11.5 Å². The van der Waals surface area contributed by atoms with Crippen LogP contribution in [0, 0.1) is 0 Å². The number of methoxy groups -OCH3 is 1. The Morgan fingerprint density at radius 1 is 1.21 bits per heavy atom. The monoisotopic (exact) mass is 386 g/mol. The molecule has 0 atom stereocenters. The molecule has 28 heavy (non-hydrogen) atoms. The van der Waals surface area contributed by atoms with Crippen LogP contribution in [0.2, 0.25) is 0 Å². The number of ether oxygens (including phenoxy) is 1. The third-order valence-electron chi connectivity index (χ3n) is 5.59. The van der Waals surface area contributed by atoms with Crippen molar-refractivity contribution >= 4 is 29.3 Å². The van der Waals surface area contributed by atoms with Crippen molar-refractivity contribution in [1.29, 1.82) is 0 Å². The molecule has 4 N–H and O–H groups in total. The SMILES string of the molecule is CCN(CC)c1cc(C(=O)OC)ccc1N1C(N)=NC(N)=NC12CCCCC2. The number of carbonyl (C=O) groups is 1. The zero-order chi connectivity index (χ0) is 20.3. The van der Waals surface area contributed by atoms with Crippen LogP contribution >= 0.6 is 0 Å². The molecule has 8 heteroatoms. The number of benzene rings is 1. The van der Waals surface area contributed by atoms with E-state index in [9.17, 15) is 4.79 Å². The van der Waals surface area contributed by atoms with Crippen LogP contribution in [0.15, 0.2) is 28.2 Å². The highest BCUT2D eigenvalue weighted by Crippen LogP contribution is 2.43. The fourth-order valence-electron chi connectivity index (χ4n) is 4.24. The van der Waals surface area contributed by atoms with Crippen LogP contribution in [0.3, 0.4) is 0 Å². The molecule has 1 fully saturated rings. The number of esters is 1. The van der Waals surface area contributed by atoms with Crippen molar-refractivity contribution in [3.05, 3.63) is 23.8 Å². The molecular formula is C20H30N6O2. The minimum Gasteiger partial charge on any atom is -0.465 e. The van der Waals surface area contributed by atoms with Crippen LogP contribution < -0.4 is 21.3 Å². The number of guanidine groups is 2. The molecule has 0 amide bonds.